The predicted molar refractivity (Wildman–Crippen MR) is 54.9 cm³/mol. The van der Waals surface area contributed by atoms with Gasteiger partial charge < -0.3 is 15.7 Å². The molecule has 1 aliphatic carbocycles. The molecule has 14 heavy (non-hydrogen) atoms. The lowest BCUT2D eigenvalue weighted by atomic mass is 10.2. The molecule has 0 aromatic carbocycles. The molecule has 1 atom stereocenters. The van der Waals surface area contributed by atoms with Crippen molar-refractivity contribution in [3.8, 4) is 0 Å². The van der Waals surface area contributed by atoms with Crippen LogP contribution in [0.3, 0.4) is 0 Å². The van der Waals surface area contributed by atoms with E-state index >= 15 is 0 Å². The summed E-state index contributed by atoms with van der Waals surface area (Å²) in [5.74, 6) is 0.772. The van der Waals surface area contributed by atoms with E-state index in [0.29, 0.717) is 6.54 Å². The van der Waals surface area contributed by atoms with E-state index in [1.54, 1.807) is 0 Å². The van der Waals surface area contributed by atoms with Gasteiger partial charge in [0.2, 0.25) is 5.91 Å². The summed E-state index contributed by atoms with van der Waals surface area (Å²) in [6, 6.07) is -0.0924. The third-order valence-corrected chi connectivity index (χ3v) is 2.49. The molecule has 0 saturated heterocycles. The summed E-state index contributed by atoms with van der Waals surface area (Å²) in [5, 5.41) is 14.7. The van der Waals surface area contributed by atoms with Gasteiger partial charge in [0.05, 0.1) is 19.2 Å². The van der Waals surface area contributed by atoms with Crippen LogP contribution in [-0.4, -0.2) is 36.8 Å². The Kier molecular flexibility index (Phi) is 4.90. The van der Waals surface area contributed by atoms with Crippen LogP contribution in [0.5, 0.6) is 0 Å². The molecule has 1 fully saturated rings. The molecule has 0 radical (unpaired) electrons. The number of rotatable bonds is 7. The van der Waals surface area contributed by atoms with E-state index in [1.165, 1.54) is 12.8 Å². The first-order valence-corrected chi connectivity index (χ1v) is 5.37. The first-order valence-electron chi connectivity index (χ1n) is 5.37. The van der Waals surface area contributed by atoms with E-state index in [0.717, 1.165) is 18.9 Å². The molecule has 0 aromatic heterocycles. The Bertz CT molecular complexity index is 177. The normalized spacial score (nSPS) is 17.9. The maximum atomic E-state index is 11.3. The molecule has 0 bridgehead atoms. The van der Waals surface area contributed by atoms with Crippen LogP contribution < -0.4 is 10.6 Å². The highest BCUT2D eigenvalue weighted by Gasteiger charge is 2.20. The molecule has 1 saturated carbocycles. The monoisotopic (exact) mass is 200 g/mol. The molecule has 1 amide bonds. The highest BCUT2D eigenvalue weighted by atomic mass is 16.3. The van der Waals surface area contributed by atoms with Crippen LogP contribution in [0.15, 0.2) is 0 Å². The quantitative estimate of drug-likeness (QED) is 0.536. The topological polar surface area (TPSA) is 61.4 Å². The zero-order valence-electron chi connectivity index (χ0n) is 8.75. The standard InChI is InChI=1S/C10H20N2O2/c1-2-9(7-13)12-10(14)6-11-5-8-3-4-8/h8-9,11,13H,2-7H2,1H3,(H,12,14)/t9-/m0/s1. The molecule has 1 aliphatic rings. The molecule has 1 rings (SSSR count). The van der Waals surface area contributed by atoms with E-state index < -0.39 is 0 Å². The van der Waals surface area contributed by atoms with Crippen molar-refractivity contribution in [3.63, 3.8) is 0 Å². The molecule has 0 unspecified atom stereocenters. The smallest absolute Gasteiger partial charge is 0.234 e. The molecular formula is C10H20N2O2. The minimum Gasteiger partial charge on any atom is -0.394 e. The molecule has 4 heteroatoms. The van der Waals surface area contributed by atoms with Crippen molar-refractivity contribution in [1.29, 1.82) is 0 Å². The highest BCUT2D eigenvalue weighted by molar-refractivity contribution is 5.78. The van der Waals surface area contributed by atoms with E-state index in [1.807, 2.05) is 6.92 Å². The number of hydrogen-bond acceptors (Lipinski definition) is 3. The molecule has 0 aromatic rings. The number of hydrogen-bond donors (Lipinski definition) is 3. The molecular weight excluding hydrogens is 180 g/mol. The Hall–Kier alpha value is -0.610. The second-order valence-corrected chi connectivity index (χ2v) is 3.93. The third kappa shape index (κ3) is 4.58. The van der Waals surface area contributed by atoms with Crippen molar-refractivity contribution in [1.82, 2.24) is 10.6 Å². The fourth-order valence-corrected chi connectivity index (χ4v) is 1.27. The van der Waals surface area contributed by atoms with Gasteiger partial charge in [0.15, 0.2) is 0 Å². The van der Waals surface area contributed by atoms with Crippen LogP contribution >= 0.6 is 0 Å². The van der Waals surface area contributed by atoms with Crippen molar-refractivity contribution in [3.05, 3.63) is 0 Å². The minimum absolute atomic E-state index is 0.0187. The van der Waals surface area contributed by atoms with E-state index in [4.69, 9.17) is 5.11 Å². The molecule has 4 nitrogen and oxygen atoms in total. The lowest BCUT2D eigenvalue weighted by Gasteiger charge is -2.14. The summed E-state index contributed by atoms with van der Waals surface area (Å²) < 4.78 is 0. The Morgan fingerprint density at radius 2 is 2.29 bits per heavy atom. The predicted octanol–water partition coefficient (Wildman–Crippen LogP) is -0.127. The van der Waals surface area contributed by atoms with Crippen molar-refractivity contribution >= 4 is 5.91 Å². The van der Waals surface area contributed by atoms with Gasteiger partial charge in [-0.25, -0.2) is 0 Å². The van der Waals surface area contributed by atoms with Crippen LogP contribution in [0.2, 0.25) is 0 Å². The number of aliphatic hydroxyl groups excluding tert-OH is 1. The van der Waals surface area contributed by atoms with Crippen molar-refractivity contribution in [2.24, 2.45) is 5.92 Å². The van der Waals surface area contributed by atoms with Gasteiger partial charge in [0.25, 0.3) is 0 Å². The second kappa shape index (κ2) is 5.98. The first kappa shape index (κ1) is 11.5. The summed E-state index contributed by atoms with van der Waals surface area (Å²) in [6.45, 7) is 3.28. The van der Waals surface area contributed by atoms with Gasteiger partial charge in [-0.3, -0.25) is 4.79 Å². The summed E-state index contributed by atoms with van der Waals surface area (Å²) in [4.78, 5) is 11.3. The second-order valence-electron chi connectivity index (χ2n) is 3.93. The van der Waals surface area contributed by atoms with Crippen LogP contribution in [0, 0.1) is 5.92 Å². The van der Waals surface area contributed by atoms with Gasteiger partial charge in [0, 0.05) is 0 Å². The van der Waals surface area contributed by atoms with Crippen molar-refractivity contribution in [2.75, 3.05) is 19.7 Å². The number of carbonyl (C=O) groups is 1. The van der Waals surface area contributed by atoms with Crippen LogP contribution in [0.1, 0.15) is 26.2 Å². The Morgan fingerprint density at radius 1 is 1.57 bits per heavy atom. The van der Waals surface area contributed by atoms with Gasteiger partial charge in [0.1, 0.15) is 0 Å². The highest BCUT2D eigenvalue weighted by Crippen LogP contribution is 2.27. The van der Waals surface area contributed by atoms with Gasteiger partial charge in [-0.1, -0.05) is 6.92 Å². The maximum Gasteiger partial charge on any atom is 0.234 e. The molecule has 82 valence electrons. The molecule has 0 heterocycles. The van der Waals surface area contributed by atoms with E-state index in [-0.39, 0.29) is 18.6 Å². The van der Waals surface area contributed by atoms with Gasteiger partial charge in [-0.05, 0) is 31.7 Å². The fourth-order valence-electron chi connectivity index (χ4n) is 1.27. The first-order chi connectivity index (χ1) is 6.76. The van der Waals surface area contributed by atoms with Gasteiger partial charge in [-0.15, -0.1) is 0 Å². The lowest BCUT2D eigenvalue weighted by molar-refractivity contribution is -0.121. The molecule has 3 N–H and O–H groups in total. The van der Waals surface area contributed by atoms with E-state index in [2.05, 4.69) is 10.6 Å². The minimum atomic E-state index is -0.0924. The average molecular weight is 200 g/mol. The number of carbonyl (C=O) groups excluding carboxylic acids is 1. The van der Waals surface area contributed by atoms with Gasteiger partial charge >= 0.3 is 0 Å². The largest absolute Gasteiger partial charge is 0.394 e. The maximum absolute atomic E-state index is 11.3. The fraction of sp³-hybridized carbons (Fsp3) is 0.900. The third-order valence-electron chi connectivity index (χ3n) is 2.49. The van der Waals surface area contributed by atoms with Gasteiger partial charge in [-0.2, -0.15) is 0 Å². The van der Waals surface area contributed by atoms with Crippen molar-refractivity contribution < 1.29 is 9.90 Å². The zero-order valence-corrected chi connectivity index (χ0v) is 8.75. The summed E-state index contributed by atoms with van der Waals surface area (Å²) in [6.07, 6.45) is 3.36. The average Bonchev–Trinajstić information content (AvgIpc) is 2.98. The van der Waals surface area contributed by atoms with Crippen LogP contribution in [0.25, 0.3) is 0 Å². The van der Waals surface area contributed by atoms with Crippen LogP contribution in [-0.2, 0) is 4.79 Å². The molecule has 0 spiro atoms. The summed E-state index contributed by atoms with van der Waals surface area (Å²) >= 11 is 0. The molecule has 0 aliphatic heterocycles. The van der Waals surface area contributed by atoms with E-state index in [9.17, 15) is 4.79 Å². The summed E-state index contributed by atoms with van der Waals surface area (Å²) in [5.41, 5.74) is 0. The zero-order chi connectivity index (χ0) is 10.4. The van der Waals surface area contributed by atoms with Crippen molar-refractivity contribution in [2.45, 2.75) is 32.2 Å². The Labute approximate surface area is 85.1 Å². The number of amides is 1. The van der Waals surface area contributed by atoms with Crippen LogP contribution in [0.4, 0.5) is 0 Å². The lowest BCUT2D eigenvalue weighted by Crippen LogP contribution is -2.42. The number of aliphatic hydroxyl groups is 1. The summed E-state index contributed by atoms with van der Waals surface area (Å²) in [7, 11) is 0. The SMILES string of the molecule is CC[C@@H](CO)NC(=O)CNCC1CC1. The Morgan fingerprint density at radius 3 is 2.79 bits per heavy atom. The Balaban J connectivity index is 2.01. The number of nitrogens with one attached hydrogen (secondary N) is 2.